The van der Waals surface area contributed by atoms with Crippen molar-refractivity contribution in [3.05, 3.63) is 88.7 Å². The fraction of sp³-hybridized carbons (Fsp3) is 0.238. The Balaban J connectivity index is 2.10. The first kappa shape index (κ1) is 17.0. The molecule has 2 aromatic rings. The van der Waals surface area contributed by atoms with Crippen LogP contribution in [0.2, 0.25) is 0 Å². The molecular formula is C21H25NOS. The summed E-state index contributed by atoms with van der Waals surface area (Å²) in [7, 11) is -1.69. The zero-order valence-corrected chi connectivity index (χ0v) is 15.1. The first-order chi connectivity index (χ1) is 11.6. The first-order valence-corrected chi connectivity index (χ1v) is 10.2. The van der Waals surface area contributed by atoms with Gasteiger partial charge in [0.15, 0.2) is 0 Å². The van der Waals surface area contributed by atoms with Crippen molar-refractivity contribution < 1.29 is 5.11 Å². The molecule has 0 saturated carbocycles. The van der Waals surface area contributed by atoms with E-state index in [0.717, 1.165) is 12.1 Å². The van der Waals surface area contributed by atoms with Crippen molar-refractivity contribution in [2.75, 3.05) is 6.54 Å². The molecule has 0 saturated heterocycles. The molecule has 0 bridgehead atoms. The molecular weight excluding hydrogens is 314 g/mol. The van der Waals surface area contributed by atoms with Crippen molar-refractivity contribution in [2.24, 2.45) is 0 Å². The molecule has 3 rings (SSSR count). The maximum absolute atomic E-state index is 11.7. The van der Waals surface area contributed by atoms with Gasteiger partial charge in [-0.2, -0.15) is 0 Å². The molecule has 3 heteroatoms. The predicted molar refractivity (Wildman–Crippen MR) is 105 cm³/mol. The SMILES string of the molecule is CCNS1(C(O)(CC)c2ccccc2)C=CC(c2ccccc2)=C1. The predicted octanol–water partition coefficient (Wildman–Crippen LogP) is 5.14. The van der Waals surface area contributed by atoms with E-state index in [-0.39, 0.29) is 0 Å². The van der Waals surface area contributed by atoms with E-state index in [9.17, 15) is 5.11 Å². The summed E-state index contributed by atoms with van der Waals surface area (Å²) >= 11 is 0. The van der Waals surface area contributed by atoms with Crippen LogP contribution < -0.4 is 4.72 Å². The molecule has 1 aliphatic heterocycles. The topological polar surface area (TPSA) is 32.3 Å². The molecule has 2 atom stereocenters. The second kappa shape index (κ2) is 6.98. The van der Waals surface area contributed by atoms with E-state index in [1.54, 1.807) is 0 Å². The van der Waals surface area contributed by atoms with Gasteiger partial charge in [-0.15, -0.1) is 10.2 Å². The number of nitrogens with one attached hydrogen (secondary N) is 1. The van der Waals surface area contributed by atoms with Crippen LogP contribution in [-0.2, 0) is 4.93 Å². The van der Waals surface area contributed by atoms with Gasteiger partial charge in [-0.25, -0.2) is 0 Å². The highest BCUT2D eigenvalue weighted by Gasteiger charge is 2.44. The highest BCUT2D eigenvalue weighted by atomic mass is 32.3. The molecule has 2 N–H and O–H groups in total. The number of allylic oxidation sites excluding steroid dienone is 2. The Hall–Kier alpha value is -1.81. The largest absolute Gasteiger partial charge is 0.375 e. The lowest BCUT2D eigenvalue weighted by atomic mass is 10.1. The maximum atomic E-state index is 11.7. The lowest BCUT2D eigenvalue weighted by Gasteiger charge is -2.47. The van der Waals surface area contributed by atoms with Crippen molar-refractivity contribution in [3.63, 3.8) is 0 Å². The van der Waals surface area contributed by atoms with Crippen LogP contribution in [0.15, 0.2) is 77.6 Å². The third kappa shape index (κ3) is 2.84. The minimum Gasteiger partial charge on any atom is -0.375 e. The Morgan fingerprint density at radius 3 is 2.17 bits per heavy atom. The van der Waals surface area contributed by atoms with Gasteiger partial charge >= 0.3 is 0 Å². The van der Waals surface area contributed by atoms with E-state index in [1.807, 2.05) is 36.4 Å². The lowest BCUT2D eigenvalue weighted by Crippen LogP contribution is -2.37. The minimum absolute atomic E-state index is 0.655. The van der Waals surface area contributed by atoms with Gasteiger partial charge < -0.3 is 5.11 Å². The highest BCUT2D eigenvalue weighted by Crippen LogP contribution is 2.67. The van der Waals surface area contributed by atoms with E-state index in [4.69, 9.17) is 0 Å². The quantitative estimate of drug-likeness (QED) is 0.764. The van der Waals surface area contributed by atoms with Crippen molar-refractivity contribution in [3.8, 4) is 0 Å². The third-order valence-corrected chi connectivity index (χ3v) is 8.13. The average molecular weight is 340 g/mol. The summed E-state index contributed by atoms with van der Waals surface area (Å²) in [5.74, 6) is 0. The third-order valence-electron chi connectivity index (χ3n) is 4.53. The minimum atomic E-state index is -1.69. The molecule has 0 aromatic heterocycles. The van der Waals surface area contributed by atoms with Crippen LogP contribution in [-0.4, -0.2) is 11.7 Å². The van der Waals surface area contributed by atoms with E-state index >= 15 is 0 Å². The molecule has 0 amide bonds. The fourth-order valence-corrected chi connectivity index (χ4v) is 6.62. The second-order valence-corrected chi connectivity index (χ2v) is 8.84. The van der Waals surface area contributed by atoms with Crippen molar-refractivity contribution in [1.82, 2.24) is 4.72 Å². The first-order valence-electron chi connectivity index (χ1n) is 8.46. The molecule has 126 valence electrons. The molecule has 1 heterocycles. The number of rotatable bonds is 6. The lowest BCUT2D eigenvalue weighted by molar-refractivity contribution is 0.128. The summed E-state index contributed by atoms with van der Waals surface area (Å²) in [6.07, 6.45) is 2.80. The number of hydrogen-bond donors (Lipinski definition) is 2. The van der Waals surface area contributed by atoms with Crippen LogP contribution >= 0.6 is 10.2 Å². The molecule has 0 fully saturated rings. The normalized spacial score (nSPS) is 24.9. The Morgan fingerprint density at radius 1 is 0.958 bits per heavy atom. The van der Waals surface area contributed by atoms with E-state index in [2.05, 4.69) is 59.7 Å². The number of hydrogen-bond acceptors (Lipinski definition) is 2. The fourth-order valence-electron chi connectivity index (χ4n) is 3.25. The van der Waals surface area contributed by atoms with Gasteiger partial charge in [0, 0.05) is 6.54 Å². The van der Waals surface area contributed by atoms with Crippen LogP contribution in [0.3, 0.4) is 0 Å². The Bertz CT molecular complexity index is 741. The molecule has 2 aromatic carbocycles. The van der Waals surface area contributed by atoms with Gasteiger partial charge in [-0.1, -0.05) is 74.5 Å². The molecule has 0 radical (unpaired) electrons. The zero-order valence-electron chi connectivity index (χ0n) is 14.3. The molecule has 0 spiro atoms. The highest BCUT2D eigenvalue weighted by molar-refractivity contribution is 8.37. The van der Waals surface area contributed by atoms with Crippen LogP contribution in [0.25, 0.3) is 5.57 Å². The monoisotopic (exact) mass is 339 g/mol. The summed E-state index contributed by atoms with van der Waals surface area (Å²) < 4.78 is 3.62. The van der Waals surface area contributed by atoms with Crippen molar-refractivity contribution in [2.45, 2.75) is 25.2 Å². The summed E-state index contributed by atoms with van der Waals surface area (Å²) in [6, 6.07) is 20.4. The van der Waals surface area contributed by atoms with Gasteiger partial charge in [0.1, 0.15) is 4.93 Å². The molecule has 0 aliphatic carbocycles. The van der Waals surface area contributed by atoms with Gasteiger partial charge in [0.2, 0.25) is 0 Å². The van der Waals surface area contributed by atoms with Crippen molar-refractivity contribution >= 4 is 15.8 Å². The average Bonchev–Trinajstić information content (AvgIpc) is 3.08. The molecule has 24 heavy (non-hydrogen) atoms. The molecule has 1 aliphatic rings. The zero-order chi connectivity index (χ0) is 17.0. The summed E-state index contributed by atoms with van der Waals surface area (Å²) in [6.45, 7) is 4.96. The smallest absolute Gasteiger partial charge is 0.138 e. The van der Waals surface area contributed by atoms with Gasteiger partial charge in [0.25, 0.3) is 0 Å². The van der Waals surface area contributed by atoms with Crippen LogP contribution in [0.5, 0.6) is 0 Å². The number of aliphatic hydroxyl groups is 1. The molecule has 2 unspecified atom stereocenters. The maximum Gasteiger partial charge on any atom is 0.138 e. The second-order valence-electron chi connectivity index (χ2n) is 5.95. The van der Waals surface area contributed by atoms with Gasteiger partial charge in [-0.3, -0.25) is 4.72 Å². The number of benzene rings is 2. The van der Waals surface area contributed by atoms with Crippen LogP contribution in [0, 0.1) is 0 Å². The summed E-state index contributed by atoms with van der Waals surface area (Å²) in [4.78, 5) is -0.919. The summed E-state index contributed by atoms with van der Waals surface area (Å²) in [5.41, 5.74) is 3.33. The Labute approximate surface area is 146 Å². The van der Waals surface area contributed by atoms with E-state index < -0.39 is 15.1 Å². The van der Waals surface area contributed by atoms with Crippen molar-refractivity contribution in [1.29, 1.82) is 0 Å². The van der Waals surface area contributed by atoms with Crippen LogP contribution in [0.4, 0.5) is 0 Å². The van der Waals surface area contributed by atoms with Crippen LogP contribution in [0.1, 0.15) is 31.4 Å². The van der Waals surface area contributed by atoms with E-state index in [0.29, 0.717) is 6.42 Å². The van der Waals surface area contributed by atoms with E-state index in [1.165, 1.54) is 11.1 Å². The Kier molecular flexibility index (Phi) is 4.95. The molecule has 2 nitrogen and oxygen atoms in total. The summed E-state index contributed by atoms with van der Waals surface area (Å²) in [5, 5.41) is 16.2. The van der Waals surface area contributed by atoms with Gasteiger partial charge in [0.05, 0.1) is 0 Å². The standard InChI is InChI=1S/C21H25NOS/c1-3-21(23,20-13-9-6-10-14-20)24(22-4-2)16-15-19(17-24)18-11-7-5-8-12-18/h5-17,22-23H,3-4H2,1-2H3. The van der Waals surface area contributed by atoms with Gasteiger partial charge in [-0.05, 0) is 40.0 Å². The Morgan fingerprint density at radius 2 is 1.58 bits per heavy atom.